The highest BCUT2D eigenvalue weighted by Gasteiger charge is 2.51. The molecule has 0 spiro atoms. The summed E-state index contributed by atoms with van der Waals surface area (Å²) in [6.45, 7) is 0. The van der Waals surface area contributed by atoms with Crippen molar-refractivity contribution >= 4 is 16.3 Å². The van der Waals surface area contributed by atoms with Gasteiger partial charge in [0.1, 0.15) is 18.4 Å². The Morgan fingerprint density at radius 1 is 0.913 bits per heavy atom. The predicted octanol–water partition coefficient (Wildman–Crippen LogP) is 3.18. The lowest BCUT2D eigenvalue weighted by molar-refractivity contribution is -0.757. The molecule has 3 aromatic rings. The van der Waals surface area contributed by atoms with E-state index in [9.17, 15) is 4.79 Å². The second-order valence-electron chi connectivity index (χ2n) is 8.21. The van der Waals surface area contributed by atoms with Crippen molar-refractivity contribution in [2.75, 3.05) is 0 Å². The summed E-state index contributed by atoms with van der Waals surface area (Å²) in [6, 6.07) is 8.83. The Kier molecular flexibility index (Phi) is 2.25. The van der Waals surface area contributed by atoms with Gasteiger partial charge < -0.3 is 0 Å². The molecule has 7 rings (SSSR count). The van der Waals surface area contributed by atoms with Gasteiger partial charge in [-0.1, -0.05) is 12.1 Å². The van der Waals surface area contributed by atoms with Crippen LogP contribution in [0.2, 0.25) is 0 Å². The Bertz CT molecular complexity index is 945. The van der Waals surface area contributed by atoms with E-state index in [2.05, 4.69) is 35.0 Å². The van der Waals surface area contributed by atoms with Gasteiger partial charge in [0.05, 0.1) is 5.39 Å². The minimum absolute atomic E-state index is 0.163. The van der Waals surface area contributed by atoms with Crippen molar-refractivity contribution in [2.45, 2.75) is 38.1 Å². The standard InChI is InChI=1S/C20H21N2O/c23-20-21-5-4-14-2-1-3-15(18(14)21)11-22(20)19-16-7-12-6-13(9-16)10-17(19)8-12/h1-5,11-13,16-17,19H,6-10H2/q+1. The summed E-state index contributed by atoms with van der Waals surface area (Å²) >= 11 is 0. The largest absolute Gasteiger partial charge is 0.503 e. The van der Waals surface area contributed by atoms with Gasteiger partial charge in [-0.05, 0) is 56.1 Å². The molecule has 116 valence electrons. The van der Waals surface area contributed by atoms with Crippen LogP contribution in [0.15, 0.2) is 41.5 Å². The maximum Gasteiger partial charge on any atom is 0.503 e. The molecule has 1 aromatic carbocycles. The van der Waals surface area contributed by atoms with E-state index in [1.54, 1.807) is 0 Å². The smallest absolute Gasteiger partial charge is 0.196 e. The van der Waals surface area contributed by atoms with Crippen LogP contribution in [0.3, 0.4) is 0 Å². The highest BCUT2D eigenvalue weighted by atomic mass is 16.1. The summed E-state index contributed by atoms with van der Waals surface area (Å²) in [5.41, 5.74) is 1.24. The van der Waals surface area contributed by atoms with E-state index in [4.69, 9.17) is 0 Å². The highest BCUT2D eigenvalue weighted by molar-refractivity contribution is 5.95. The van der Waals surface area contributed by atoms with Crippen molar-refractivity contribution in [1.29, 1.82) is 0 Å². The summed E-state index contributed by atoms with van der Waals surface area (Å²) < 4.78 is 3.98. The maximum absolute atomic E-state index is 13.1. The van der Waals surface area contributed by atoms with Gasteiger partial charge in [-0.2, -0.15) is 13.8 Å². The molecule has 0 saturated heterocycles. The van der Waals surface area contributed by atoms with E-state index in [-0.39, 0.29) is 5.69 Å². The van der Waals surface area contributed by atoms with Crippen LogP contribution in [-0.2, 0) is 0 Å². The zero-order chi connectivity index (χ0) is 15.1. The molecule has 4 aliphatic carbocycles. The molecule has 0 unspecified atom stereocenters. The molecule has 3 heteroatoms. The Morgan fingerprint density at radius 2 is 1.61 bits per heavy atom. The highest BCUT2D eigenvalue weighted by Crippen LogP contribution is 2.56. The summed E-state index contributed by atoms with van der Waals surface area (Å²) in [5.74, 6) is 3.34. The Balaban J connectivity index is 1.59. The molecule has 2 aromatic heterocycles. The molecule has 4 saturated carbocycles. The first-order valence-corrected chi connectivity index (χ1v) is 9.05. The van der Waals surface area contributed by atoms with E-state index < -0.39 is 0 Å². The molecule has 4 aliphatic rings. The third-order valence-electron chi connectivity index (χ3n) is 6.95. The molecule has 23 heavy (non-hydrogen) atoms. The minimum Gasteiger partial charge on any atom is -0.196 e. The van der Waals surface area contributed by atoms with Crippen molar-refractivity contribution in [3.8, 4) is 0 Å². The van der Waals surface area contributed by atoms with Crippen molar-refractivity contribution in [2.24, 2.45) is 23.7 Å². The van der Waals surface area contributed by atoms with Crippen LogP contribution in [-0.4, -0.2) is 4.40 Å². The molecule has 0 atom stereocenters. The third kappa shape index (κ3) is 1.55. The molecule has 4 bridgehead atoms. The molecular formula is C20H21N2O+. The van der Waals surface area contributed by atoms with Gasteiger partial charge in [0.2, 0.25) is 0 Å². The molecule has 0 amide bonds. The van der Waals surface area contributed by atoms with Gasteiger partial charge in [-0.25, -0.2) is 0 Å². The monoisotopic (exact) mass is 305 g/mol. The molecule has 0 radical (unpaired) electrons. The van der Waals surface area contributed by atoms with E-state index in [1.165, 1.54) is 37.5 Å². The fraction of sp³-hybridized carbons (Fsp3) is 0.500. The van der Waals surface area contributed by atoms with Crippen molar-refractivity contribution in [3.05, 3.63) is 47.1 Å². The first-order chi connectivity index (χ1) is 11.3. The molecule has 0 N–H and O–H groups in total. The molecule has 4 fully saturated rings. The third-order valence-corrected chi connectivity index (χ3v) is 6.95. The van der Waals surface area contributed by atoms with Crippen LogP contribution in [0.1, 0.15) is 38.1 Å². The molecule has 0 aliphatic heterocycles. The second kappa shape index (κ2) is 4.14. The molecule has 2 heterocycles. The minimum atomic E-state index is 0.163. The zero-order valence-corrected chi connectivity index (χ0v) is 13.2. The lowest BCUT2D eigenvalue weighted by Crippen LogP contribution is -2.63. The number of hydrogen-bond acceptors (Lipinski definition) is 1. The summed E-state index contributed by atoms with van der Waals surface area (Å²) in [5, 5.41) is 2.36. The van der Waals surface area contributed by atoms with Crippen LogP contribution in [0.4, 0.5) is 0 Å². The fourth-order valence-corrected chi connectivity index (χ4v) is 6.38. The van der Waals surface area contributed by atoms with Crippen LogP contribution in [0, 0.1) is 23.7 Å². The lowest BCUT2D eigenvalue weighted by Gasteiger charge is -2.52. The Labute approximate surface area is 134 Å². The maximum atomic E-state index is 13.1. The summed E-state index contributed by atoms with van der Waals surface area (Å²) in [6.07, 6.45) is 10.9. The van der Waals surface area contributed by atoms with Crippen LogP contribution < -0.4 is 10.3 Å². The van der Waals surface area contributed by atoms with Crippen molar-refractivity contribution in [3.63, 3.8) is 0 Å². The normalized spacial score (nSPS) is 35.6. The van der Waals surface area contributed by atoms with Gasteiger partial charge in [0.25, 0.3) is 0 Å². The summed E-state index contributed by atoms with van der Waals surface area (Å²) in [4.78, 5) is 13.1. The number of rotatable bonds is 1. The van der Waals surface area contributed by atoms with Crippen LogP contribution in [0.5, 0.6) is 0 Å². The lowest BCUT2D eigenvalue weighted by atomic mass is 9.54. The predicted molar refractivity (Wildman–Crippen MR) is 88.6 cm³/mol. The first-order valence-electron chi connectivity index (χ1n) is 9.05. The Hall–Kier alpha value is -1.90. The fourth-order valence-electron chi connectivity index (χ4n) is 6.38. The average molecular weight is 305 g/mol. The molecular weight excluding hydrogens is 284 g/mol. The van der Waals surface area contributed by atoms with Crippen LogP contribution in [0.25, 0.3) is 16.3 Å². The van der Waals surface area contributed by atoms with E-state index in [1.807, 2.05) is 10.6 Å². The van der Waals surface area contributed by atoms with Gasteiger partial charge in [0.15, 0.2) is 5.52 Å². The van der Waals surface area contributed by atoms with Gasteiger partial charge in [-0.3, -0.25) is 0 Å². The van der Waals surface area contributed by atoms with Crippen molar-refractivity contribution in [1.82, 2.24) is 4.40 Å². The van der Waals surface area contributed by atoms with Gasteiger partial charge in [0, 0.05) is 17.2 Å². The zero-order valence-electron chi connectivity index (χ0n) is 13.2. The van der Waals surface area contributed by atoms with Gasteiger partial charge >= 0.3 is 5.69 Å². The Morgan fingerprint density at radius 3 is 2.35 bits per heavy atom. The number of hydrogen-bond donors (Lipinski definition) is 0. The quantitative estimate of drug-likeness (QED) is 0.634. The van der Waals surface area contributed by atoms with E-state index >= 15 is 0 Å². The van der Waals surface area contributed by atoms with E-state index in [0.29, 0.717) is 6.04 Å². The van der Waals surface area contributed by atoms with Gasteiger partial charge in [-0.15, -0.1) is 0 Å². The van der Waals surface area contributed by atoms with Crippen LogP contribution >= 0.6 is 0 Å². The van der Waals surface area contributed by atoms with Crippen molar-refractivity contribution < 1.29 is 4.57 Å². The topological polar surface area (TPSA) is 25.4 Å². The number of nitrogens with zero attached hydrogens (tertiary/aromatic N) is 2. The molecule has 3 nitrogen and oxygen atoms in total. The van der Waals surface area contributed by atoms with E-state index in [0.717, 1.165) is 34.6 Å². The number of aromatic nitrogens is 2. The second-order valence-corrected chi connectivity index (χ2v) is 8.21. The SMILES string of the molecule is O=c1n2ccc3cccc(c[n+]1C1C4CC5CC(C4)CC1C5)c32. The summed E-state index contributed by atoms with van der Waals surface area (Å²) in [7, 11) is 0. The average Bonchev–Trinajstić information content (AvgIpc) is 2.96. The number of para-hydroxylation sites is 1. The number of benzene rings is 1. The first kappa shape index (κ1) is 12.5.